The van der Waals surface area contributed by atoms with Crippen LogP contribution in [0.4, 0.5) is 4.39 Å². The summed E-state index contributed by atoms with van der Waals surface area (Å²) in [6, 6.07) is 3.42. The fraction of sp³-hybridized carbons (Fsp3) is 0.231. The molecule has 0 unspecified atom stereocenters. The first-order valence-electron chi connectivity index (χ1n) is 5.73. The average molecular weight is 263 g/mol. The Morgan fingerprint density at radius 2 is 2.26 bits per heavy atom. The number of carbonyl (C=O) groups excluding carboxylic acids is 1. The Labute approximate surface area is 109 Å². The van der Waals surface area contributed by atoms with Gasteiger partial charge in [0.1, 0.15) is 11.6 Å². The molecule has 1 heterocycles. The van der Waals surface area contributed by atoms with E-state index in [9.17, 15) is 9.18 Å². The van der Waals surface area contributed by atoms with Crippen molar-refractivity contribution in [2.24, 2.45) is 7.05 Å². The Balaban J connectivity index is 2.07. The number of halogens is 1. The van der Waals surface area contributed by atoms with Crippen LogP contribution in [0.15, 0.2) is 24.4 Å². The van der Waals surface area contributed by atoms with Crippen LogP contribution in [-0.2, 0) is 13.6 Å². The zero-order valence-corrected chi connectivity index (χ0v) is 10.6. The molecule has 0 spiro atoms. The smallest absolute Gasteiger partial charge is 0.254 e. The molecule has 0 aliphatic heterocycles. The van der Waals surface area contributed by atoms with Crippen molar-refractivity contribution in [2.45, 2.75) is 13.5 Å². The van der Waals surface area contributed by atoms with E-state index in [1.165, 1.54) is 12.1 Å². The summed E-state index contributed by atoms with van der Waals surface area (Å²) < 4.78 is 15.2. The van der Waals surface area contributed by atoms with E-state index in [0.29, 0.717) is 0 Å². The van der Waals surface area contributed by atoms with Crippen molar-refractivity contribution in [3.63, 3.8) is 0 Å². The number of amides is 1. The Kier molecular flexibility index (Phi) is 3.50. The molecule has 1 amide bonds. The SMILES string of the molecule is Cc1c(CNC(=O)c2ccc(O)cc2F)cnn1C. The molecule has 1 aromatic heterocycles. The van der Waals surface area contributed by atoms with Gasteiger partial charge in [0.25, 0.3) is 5.91 Å². The number of hydrogen-bond donors (Lipinski definition) is 2. The van der Waals surface area contributed by atoms with Gasteiger partial charge < -0.3 is 10.4 Å². The van der Waals surface area contributed by atoms with Crippen molar-refractivity contribution in [2.75, 3.05) is 0 Å². The molecule has 1 aromatic carbocycles. The molecule has 19 heavy (non-hydrogen) atoms. The van der Waals surface area contributed by atoms with Crippen LogP contribution >= 0.6 is 0 Å². The monoisotopic (exact) mass is 263 g/mol. The van der Waals surface area contributed by atoms with Crippen LogP contribution in [0.2, 0.25) is 0 Å². The predicted molar refractivity (Wildman–Crippen MR) is 67.2 cm³/mol. The van der Waals surface area contributed by atoms with Gasteiger partial charge in [0.05, 0.1) is 11.8 Å². The third-order valence-corrected chi connectivity index (χ3v) is 2.97. The number of hydrogen-bond acceptors (Lipinski definition) is 3. The minimum absolute atomic E-state index is 0.0978. The summed E-state index contributed by atoms with van der Waals surface area (Å²) in [5.74, 6) is -1.49. The third-order valence-electron chi connectivity index (χ3n) is 2.97. The minimum atomic E-state index is -0.750. The topological polar surface area (TPSA) is 67.2 Å². The summed E-state index contributed by atoms with van der Waals surface area (Å²) >= 11 is 0. The quantitative estimate of drug-likeness (QED) is 0.882. The van der Waals surface area contributed by atoms with Crippen LogP contribution in [0, 0.1) is 12.7 Å². The Bertz CT molecular complexity index is 622. The van der Waals surface area contributed by atoms with E-state index >= 15 is 0 Å². The molecule has 0 aliphatic carbocycles. The number of nitrogens with one attached hydrogen (secondary N) is 1. The fourth-order valence-corrected chi connectivity index (χ4v) is 1.68. The van der Waals surface area contributed by atoms with Crippen LogP contribution in [0.1, 0.15) is 21.6 Å². The van der Waals surface area contributed by atoms with Crippen LogP contribution in [0.5, 0.6) is 5.75 Å². The average Bonchev–Trinajstić information content (AvgIpc) is 2.67. The number of carbonyl (C=O) groups is 1. The van der Waals surface area contributed by atoms with Gasteiger partial charge in [0.2, 0.25) is 0 Å². The van der Waals surface area contributed by atoms with E-state index in [1.54, 1.807) is 17.9 Å². The predicted octanol–water partition coefficient (Wildman–Crippen LogP) is 1.50. The third kappa shape index (κ3) is 2.73. The number of benzene rings is 1. The number of phenolic OH excluding ortho intramolecular Hbond substituents is 1. The molecule has 6 heteroatoms. The lowest BCUT2D eigenvalue weighted by molar-refractivity contribution is 0.0947. The van der Waals surface area contributed by atoms with E-state index in [-0.39, 0.29) is 17.9 Å². The van der Waals surface area contributed by atoms with Gasteiger partial charge in [-0.25, -0.2) is 4.39 Å². The first kappa shape index (κ1) is 13.1. The Hall–Kier alpha value is -2.37. The normalized spacial score (nSPS) is 10.5. The van der Waals surface area contributed by atoms with Crippen molar-refractivity contribution >= 4 is 5.91 Å². The maximum atomic E-state index is 13.5. The van der Waals surface area contributed by atoms with Gasteiger partial charge in [-0.1, -0.05) is 0 Å². The molecule has 0 saturated heterocycles. The van der Waals surface area contributed by atoms with Gasteiger partial charge in [-0.15, -0.1) is 0 Å². The molecule has 0 saturated carbocycles. The number of phenols is 1. The van der Waals surface area contributed by atoms with Gasteiger partial charge in [-0.05, 0) is 19.1 Å². The number of rotatable bonds is 3. The lowest BCUT2D eigenvalue weighted by atomic mass is 10.2. The van der Waals surface area contributed by atoms with Crippen LogP contribution in [-0.4, -0.2) is 20.8 Å². The molecular weight excluding hydrogens is 249 g/mol. The Morgan fingerprint density at radius 3 is 2.84 bits per heavy atom. The molecule has 0 atom stereocenters. The zero-order chi connectivity index (χ0) is 14.0. The van der Waals surface area contributed by atoms with Crippen LogP contribution < -0.4 is 5.32 Å². The lowest BCUT2D eigenvalue weighted by Gasteiger charge is -2.06. The van der Waals surface area contributed by atoms with E-state index in [1.807, 2.05) is 6.92 Å². The molecule has 5 nitrogen and oxygen atoms in total. The van der Waals surface area contributed by atoms with Crippen molar-refractivity contribution in [1.82, 2.24) is 15.1 Å². The largest absolute Gasteiger partial charge is 0.508 e. The van der Waals surface area contributed by atoms with Crippen molar-refractivity contribution in [3.8, 4) is 5.75 Å². The van der Waals surface area contributed by atoms with E-state index < -0.39 is 11.7 Å². The summed E-state index contributed by atoms with van der Waals surface area (Å²) in [5, 5.41) is 15.8. The van der Waals surface area contributed by atoms with Crippen LogP contribution in [0.25, 0.3) is 0 Å². The van der Waals surface area contributed by atoms with Crippen molar-refractivity contribution < 1.29 is 14.3 Å². The zero-order valence-electron chi connectivity index (χ0n) is 10.6. The summed E-state index contributed by atoms with van der Waals surface area (Å²) in [4.78, 5) is 11.8. The first-order chi connectivity index (χ1) is 8.99. The second kappa shape index (κ2) is 5.09. The highest BCUT2D eigenvalue weighted by atomic mass is 19.1. The van der Waals surface area contributed by atoms with Gasteiger partial charge in [0, 0.05) is 30.9 Å². The molecule has 2 rings (SSSR count). The molecule has 2 aromatic rings. The van der Waals surface area contributed by atoms with Gasteiger partial charge in [-0.2, -0.15) is 5.10 Å². The number of aromatic nitrogens is 2. The summed E-state index contributed by atoms with van der Waals surface area (Å²) in [5.41, 5.74) is 1.71. The molecule has 2 N–H and O–H groups in total. The molecular formula is C13H14FN3O2. The van der Waals surface area contributed by atoms with Gasteiger partial charge >= 0.3 is 0 Å². The molecule has 0 bridgehead atoms. The highest BCUT2D eigenvalue weighted by Crippen LogP contribution is 2.15. The number of aryl methyl sites for hydroxylation is 1. The fourth-order valence-electron chi connectivity index (χ4n) is 1.68. The Morgan fingerprint density at radius 1 is 1.53 bits per heavy atom. The second-order valence-electron chi connectivity index (χ2n) is 4.23. The molecule has 0 fully saturated rings. The summed E-state index contributed by atoms with van der Waals surface area (Å²) in [6.07, 6.45) is 1.66. The standard InChI is InChI=1S/C13H14FN3O2/c1-8-9(7-16-17(8)2)6-15-13(19)11-4-3-10(18)5-12(11)14/h3-5,7,18H,6H2,1-2H3,(H,15,19). The summed E-state index contributed by atoms with van der Waals surface area (Å²) in [7, 11) is 1.81. The van der Waals surface area contributed by atoms with Gasteiger partial charge in [-0.3, -0.25) is 9.48 Å². The highest BCUT2D eigenvalue weighted by Gasteiger charge is 2.13. The number of nitrogens with zero attached hydrogens (tertiary/aromatic N) is 2. The van der Waals surface area contributed by atoms with Crippen molar-refractivity contribution in [3.05, 3.63) is 47.0 Å². The minimum Gasteiger partial charge on any atom is -0.508 e. The maximum absolute atomic E-state index is 13.5. The van der Waals surface area contributed by atoms with Gasteiger partial charge in [0.15, 0.2) is 0 Å². The van der Waals surface area contributed by atoms with E-state index in [0.717, 1.165) is 17.3 Å². The number of aromatic hydroxyl groups is 1. The maximum Gasteiger partial charge on any atom is 0.254 e. The van der Waals surface area contributed by atoms with Crippen LogP contribution in [0.3, 0.4) is 0 Å². The first-order valence-corrected chi connectivity index (χ1v) is 5.73. The lowest BCUT2D eigenvalue weighted by Crippen LogP contribution is -2.24. The van der Waals surface area contributed by atoms with Crippen molar-refractivity contribution in [1.29, 1.82) is 0 Å². The van der Waals surface area contributed by atoms with E-state index in [2.05, 4.69) is 10.4 Å². The van der Waals surface area contributed by atoms with E-state index in [4.69, 9.17) is 5.11 Å². The highest BCUT2D eigenvalue weighted by molar-refractivity contribution is 5.94. The molecule has 0 radical (unpaired) electrons. The second-order valence-corrected chi connectivity index (χ2v) is 4.23. The molecule has 100 valence electrons. The molecule has 0 aliphatic rings. The summed E-state index contributed by atoms with van der Waals surface area (Å²) in [6.45, 7) is 2.16.